The molecule has 0 heterocycles. The van der Waals surface area contributed by atoms with E-state index in [0.29, 0.717) is 13.1 Å². The fraction of sp³-hybridized carbons (Fsp3) is 0.533. The zero-order valence-electron chi connectivity index (χ0n) is 12.2. The van der Waals surface area contributed by atoms with E-state index in [9.17, 15) is 4.79 Å². The van der Waals surface area contributed by atoms with Gasteiger partial charge in [-0.3, -0.25) is 4.79 Å². The summed E-state index contributed by atoms with van der Waals surface area (Å²) in [7, 11) is 1.65. The summed E-state index contributed by atoms with van der Waals surface area (Å²) in [6, 6.07) is 7.80. The van der Waals surface area contributed by atoms with Gasteiger partial charge < -0.3 is 15.4 Å². The molecular weight excluding hydrogens is 240 g/mol. The highest BCUT2D eigenvalue weighted by Gasteiger charge is 2.16. The third kappa shape index (κ3) is 5.75. The van der Waals surface area contributed by atoms with Crippen molar-refractivity contribution < 1.29 is 9.53 Å². The SMILES string of the molecule is CCC(C)(C)NC(=O)CNCc1ccc(OC)cc1. The molecule has 0 unspecified atom stereocenters. The van der Waals surface area contributed by atoms with Crippen LogP contribution >= 0.6 is 0 Å². The predicted octanol–water partition coefficient (Wildman–Crippen LogP) is 2.09. The zero-order chi connectivity index (χ0) is 14.3. The van der Waals surface area contributed by atoms with Crippen LogP contribution < -0.4 is 15.4 Å². The van der Waals surface area contributed by atoms with Crippen LogP contribution in [0.4, 0.5) is 0 Å². The van der Waals surface area contributed by atoms with Gasteiger partial charge in [0.2, 0.25) is 5.91 Å². The Hall–Kier alpha value is -1.55. The van der Waals surface area contributed by atoms with Crippen LogP contribution in [0.2, 0.25) is 0 Å². The number of rotatable bonds is 7. The molecular formula is C15H24N2O2. The molecule has 4 heteroatoms. The van der Waals surface area contributed by atoms with Crippen molar-refractivity contribution in [2.75, 3.05) is 13.7 Å². The summed E-state index contributed by atoms with van der Waals surface area (Å²) in [6.45, 7) is 7.10. The van der Waals surface area contributed by atoms with Crippen LogP contribution in [0.3, 0.4) is 0 Å². The summed E-state index contributed by atoms with van der Waals surface area (Å²) in [6.07, 6.45) is 0.914. The molecule has 0 bridgehead atoms. The number of nitrogens with one attached hydrogen (secondary N) is 2. The van der Waals surface area contributed by atoms with Gasteiger partial charge in [0, 0.05) is 12.1 Å². The maximum absolute atomic E-state index is 11.7. The highest BCUT2D eigenvalue weighted by Crippen LogP contribution is 2.10. The van der Waals surface area contributed by atoms with Crippen molar-refractivity contribution in [3.63, 3.8) is 0 Å². The van der Waals surface area contributed by atoms with E-state index >= 15 is 0 Å². The first-order valence-electron chi connectivity index (χ1n) is 6.61. The number of hydrogen-bond donors (Lipinski definition) is 2. The van der Waals surface area contributed by atoms with Crippen molar-refractivity contribution >= 4 is 5.91 Å². The Morgan fingerprint density at radius 3 is 2.42 bits per heavy atom. The van der Waals surface area contributed by atoms with E-state index in [0.717, 1.165) is 17.7 Å². The third-order valence-corrected chi connectivity index (χ3v) is 3.14. The monoisotopic (exact) mass is 264 g/mol. The number of methoxy groups -OCH3 is 1. The van der Waals surface area contributed by atoms with Crippen molar-refractivity contribution in [2.45, 2.75) is 39.3 Å². The second-order valence-corrected chi connectivity index (χ2v) is 5.24. The average molecular weight is 264 g/mol. The lowest BCUT2D eigenvalue weighted by Gasteiger charge is -2.24. The summed E-state index contributed by atoms with van der Waals surface area (Å²) in [5, 5.41) is 6.12. The van der Waals surface area contributed by atoms with Gasteiger partial charge in [-0.25, -0.2) is 0 Å². The van der Waals surface area contributed by atoms with Crippen LogP contribution in [0, 0.1) is 0 Å². The van der Waals surface area contributed by atoms with Crippen molar-refractivity contribution in [3.8, 4) is 5.75 Å². The molecule has 0 aliphatic carbocycles. The van der Waals surface area contributed by atoms with E-state index in [1.165, 1.54) is 0 Å². The van der Waals surface area contributed by atoms with Crippen molar-refractivity contribution in [1.82, 2.24) is 10.6 Å². The summed E-state index contributed by atoms with van der Waals surface area (Å²) in [4.78, 5) is 11.7. The molecule has 4 nitrogen and oxygen atoms in total. The Kier molecular flexibility index (Phi) is 5.83. The van der Waals surface area contributed by atoms with E-state index in [2.05, 4.69) is 17.6 Å². The van der Waals surface area contributed by atoms with E-state index < -0.39 is 0 Å². The number of amides is 1. The number of carbonyl (C=O) groups is 1. The molecule has 0 saturated heterocycles. The molecule has 0 aliphatic rings. The standard InChI is InChI=1S/C15H24N2O2/c1-5-15(2,3)17-14(18)11-16-10-12-6-8-13(19-4)9-7-12/h6-9,16H,5,10-11H2,1-4H3,(H,17,18). The summed E-state index contributed by atoms with van der Waals surface area (Å²) < 4.78 is 5.09. The van der Waals surface area contributed by atoms with Crippen molar-refractivity contribution in [1.29, 1.82) is 0 Å². The molecule has 0 fully saturated rings. The average Bonchev–Trinajstić information content (AvgIpc) is 2.39. The van der Waals surface area contributed by atoms with E-state index in [-0.39, 0.29) is 11.4 Å². The maximum Gasteiger partial charge on any atom is 0.234 e. The first-order valence-corrected chi connectivity index (χ1v) is 6.61. The molecule has 1 aromatic carbocycles. The van der Waals surface area contributed by atoms with Crippen LogP contribution in [-0.2, 0) is 11.3 Å². The number of carbonyl (C=O) groups excluding carboxylic acids is 1. The van der Waals surface area contributed by atoms with Gasteiger partial charge in [-0.05, 0) is 38.0 Å². The Bertz CT molecular complexity index is 399. The molecule has 106 valence electrons. The Labute approximate surface area is 115 Å². The van der Waals surface area contributed by atoms with Crippen LogP contribution in [0.5, 0.6) is 5.75 Å². The minimum absolute atomic E-state index is 0.0281. The highest BCUT2D eigenvalue weighted by atomic mass is 16.5. The lowest BCUT2D eigenvalue weighted by Crippen LogP contribution is -2.46. The second kappa shape index (κ2) is 7.14. The molecule has 1 rings (SSSR count). The molecule has 1 amide bonds. The molecule has 0 spiro atoms. The van der Waals surface area contributed by atoms with E-state index in [1.807, 2.05) is 38.1 Å². The minimum atomic E-state index is -0.140. The molecule has 1 aromatic rings. The quantitative estimate of drug-likeness (QED) is 0.793. The second-order valence-electron chi connectivity index (χ2n) is 5.24. The van der Waals surface area contributed by atoms with Crippen LogP contribution in [0.25, 0.3) is 0 Å². The van der Waals surface area contributed by atoms with Crippen LogP contribution in [0.15, 0.2) is 24.3 Å². The number of ether oxygens (including phenoxy) is 1. The van der Waals surface area contributed by atoms with E-state index in [1.54, 1.807) is 7.11 Å². The smallest absolute Gasteiger partial charge is 0.234 e. The molecule has 2 N–H and O–H groups in total. The van der Waals surface area contributed by atoms with Crippen molar-refractivity contribution in [3.05, 3.63) is 29.8 Å². The molecule has 0 saturated carbocycles. The summed E-state index contributed by atoms with van der Waals surface area (Å²) in [5.41, 5.74) is 0.988. The lowest BCUT2D eigenvalue weighted by atomic mass is 10.0. The lowest BCUT2D eigenvalue weighted by molar-refractivity contribution is -0.121. The van der Waals surface area contributed by atoms with Gasteiger partial charge in [0.15, 0.2) is 0 Å². The first kappa shape index (κ1) is 15.5. The fourth-order valence-electron chi connectivity index (χ4n) is 1.57. The molecule has 0 aromatic heterocycles. The van der Waals surface area contributed by atoms with E-state index in [4.69, 9.17) is 4.74 Å². The van der Waals surface area contributed by atoms with Gasteiger partial charge in [-0.15, -0.1) is 0 Å². The Balaban J connectivity index is 2.31. The van der Waals surface area contributed by atoms with Gasteiger partial charge in [0.25, 0.3) is 0 Å². The molecule has 0 aliphatic heterocycles. The topological polar surface area (TPSA) is 50.4 Å². The third-order valence-electron chi connectivity index (χ3n) is 3.14. The minimum Gasteiger partial charge on any atom is -0.497 e. The maximum atomic E-state index is 11.7. The first-order chi connectivity index (χ1) is 8.96. The van der Waals surface area contributed by atoms with Crippen molar-refractivity contribution in [2.24, 2.45) is 0 Å². The van der Waals surface area contributed by atoms with Gasteiger partial charge in [0.05, 0.1) is 13.7 Å². The Morgan fingerprint density at radius 2 is 1.89 bits per heavy atom. The van der Waals surface area contributed by atoms with Gasteiger partial charge in [-0.2, -0.15) is 0 Å². The largest absolute Gasteiger partial charge is 0.497 e. The predicted molar refractivity (Wildman–Crippen MR) is 77.2 cm³/mol. The molecule has 0 radical (unpaired) electrons. The van der Waals surface area contributed by atoms with Gasteiger partial charge in [0.1, 0.15) is 5.75 Å². The summed E-state index contributed by atoms with van der Waals surface area (Å²) >= 11 is 0. The Morgan fingerprint density at radius 1 is 1.26 bits per heavy atom. The van der Waals surface area contributed by atoms with Crippen LogP contribution in [0.1, 0.15) is 32.8 Å². The van der Waals surface area contributed by atoms with Crippen LogP contribution in [-0.4, -0.2) is 25.1 Å². The fourth-order valence-corrected chi connectivity index (χ4v) is 1.57. The highest BCUT2D eigenvalue weighted by molar-refractivity contribution is 5.78. The normalized spacial score (nSPS) is 11.2. The zero-order valence-corrected chi connectivity index (χ0v) is 12.2. The van der Waals surface area contributed by atoms with Gasteiger partial charge >= 0.3 is 0 Å². The van der Waals surface area contributed by atoms with Gasteiger partial charge in [-0.1, -0.05) is 19.1 Å². The number of hydrogen-bond acceptors (Lipinski definition) is 3. The number of benzene rings is 1. The summed E-state index contributed by atoms with van der Waals surface area (Å²) in [5.74, 6) is 0.867. The molecule has 19 heavy (non-hydrogen) atoms. The molecule has 0 atom stereocenters.